The number of carbonyl (C=O) groups excluding carboxylic acids is 1. The first-order valence-corrected chi connectivity index (χ1v) is 11.9. The first-order chi connectivity index (χ1) is 16.4. The molecule has 0 spiro atoms. The summed E-state index contributed by atoms with van der Waals surface area (Å²) in [6.07, 6.45) is 4.06. The smallest absolute Gasteiger partial charge is 0.256 e. The Labute approximate surface area is 204 Å². The highest BCUT2D eigenvalue weighted by Gasteiger charge is 2.24. The van der Waals surface area contributed by atoms with Crippen LogP contribution >= 0.6 is 11.6 Å². The predicted molar refractivity (Wildman–Crippen MR) is 141 cm³/mol. The lowest BCUT2D eigenvalue weighted by Crippen LogP contribution is -2.09. The number of ether oxygens (including phenoxy) is 1. The van der Waals surface area contributed by atoms with E-state index in [1.807, 2.05) is 30.3 Å². The van der Waals surface area contributed by atoms with Crippen molar-refractivity contribution in [3.05, 3.63) is 94.1 Å². The van der Waals surface area contributed by atoms with Crippen molar-refractivity contribution in [1.82, 2.24) is 4.57 Å². The standard InChI is InChI=1S/C29H27ClN2O2/c1-18(2)22-10-8-19(3)14-28(22)34-13-12-32-17-20(23-6-4-5-7-27(23)32)15-25-24-11-9-21(30)16-26(24)31-29(25)33/h4-11,14-18H,12-13H2,1-3H3,(H,31,33). The van der Waals surface area contributed by atoms with Gasteiger partial charge in [-0.2, -0.15) is 0 Å². The van der Waals surface area contributed by atoms with E-state index in [1.165, 1.54) is 11.1 Å². The topological polar surface area (TPSA) is 43.3 Å². The molecule has 1 aliphatic heterocycles. The molecule has 172 valence electrons. The number of fused-ring (bicyclic) bond motifs is 2. The zero-order chi connectivity index (χ0) is 23.8. The van der Waals surface area contributed by atoms with Crippen molar-refractivity contribution in [3.63, 3.8) is 0 Å². The van der Waals surface area contributed by atoms with Crippen LogP contribution in [0.4, 0.5) is 5.69 Å². The Kier molecular flexibility index (Phi) is 5.93. The highest BCUT2D eigenvalue weighted by molar-refractivity contribution is 6.36. The number of hydrogen-bond acceptors (Lipinski definition) is 2. The number of nitrogens with zero attached hydrogens (tertiary/aromatic N) is 1. The average Bonchev–Trinajstić information content (AvgIpc) is 3.30. The van der Waals surface area contributed by atoms with Gasteiger partial charge in [0.1, 0.15) is 12.4 Å². The van der Waals surface area contributed by atoms with Crippen LogP contribution in [0.1, 0.15) is 42.0 Å². The van der Waals surface area contributed by atoms with E-state index in [2.05, 4.69) is 67.2 Å². The van der Waals surface area contributed by atoms with Crippen molar-refractivity contribution >= 4 is 45.7 Å². The fraction of sp³-hybridized carbons (Fsp3) is 0.207. The summed E-state index contributed by atoms with van der Waals surface area (Å²) in [5.41, 5.74) is 6.79. The molecule has 4 nitrogen and oxygen atoms in total. The van der Waals surface area contributed by atoms with Gasteiger partial charge in [0.2, 0.25) is 0 Å². The Hall–Kier alpha value is -3.50. The van der Waals surface area contributed by atoms with Crippen LogP contribution in [0.15, 0.2) is 66.9 Å². The molecule has 0 unspecified atom stereocenters. The normalized spacial score (nSPS) is 14.1. The summed E-state index contributed by atoms with van der Waals surface area (Å²) in [6, 6.07) is 20.1. The molecule has 5 heteroatoms. The molecule has 0 bridgehead atoms. The molecule has 34 heavy (non-hydrogen) atoms. The molecule has 0 fully saturated rings. The highest BCUT2D eigenvalue weighted by atomic mass is 35.5. The molecule has 0 saturated carbocycles. The number of halogens is 1. The molecule has 3 aromatic carbocycles. The predicted octanol–water partition coefficient (Wildman–Crippen LogP) is 7.30. The van der Waals surface area contributed by atoms with Gasteiger partial charge in [-0.05, 0) is 54.3 Å². The first-order valence-electron chi connectivity index (χ1n) is 11.5. The monoisotopic (exact) mass is 470 g/mol. The fourth-order valence-electron chi connectivity index (χ4n) is 4.54. The SMILES string of the molecule is Cc1ccc(C(C)C)c(OCCn2cc(C=C3C(=O)Nc4cc(Cl)ccc43)c3ccccc32)c1. The quantitative estimate of drug-likeness (QED) is 0.300. The molecule has 0 aliphatic carbocycles. The van der Waals surface area contributed by atoms with Crippen molar-refractivity contribution in [2.75, 3.05) is 11.9 Å². The molecule has 1 amide bonds. The van der Waals surface area contributed by atoms with Crippen molar-refractivity contribution in [2.45, 2.75) is 33.2 Å². The van der Waals surface area contributed by atoms with Gasteiger partial charge in [0.15, 0.2) is 0 Å². The van der Waals surface area contributed by atoms with Gasteiger partial charge in [-0.1, -0.05) is 61.8 Å². The minimum Gasteiger partial charge on any atom is -0.491 e. The van der Waals surface area contributed by atoms with E-state index in [0.29, 0.717) is 29.7 Å². The summed E-state index contributed by atoms with van der Waals surface area (Å²) in [5, 5.41) is 4.62. The summed E-state index contributed by atoms with van der Waals surface area (Å²) in [6.45, 7) is 7.71. The molecule has 0 atom stereocenters. The third-order valence-electron chi connectivity index (χ3n) is 6.26. The second kappa shape index (κ2) is 9.03. The summed E-state index contributed by atoms with van der Waals surface area (Å²) in [4.78, 5) is 12.7. The number of carbonyl (C=O) groups is 1. The number of aryl methyl sites for hydroxylation is 1. The molecular formula is C29H27ClN2O2. The van der Waals surface area contributed by atoms with Crippen LogP contribution in [-0.2, 0) is 11.3 Å². The van der Waals surface area contributed by atoms with Crippen molar-refractivity contribution < 1.29 is 9.53 Å². The lowest BCUT2D eigenvalue weighted by molar-refractivity contribution is -0.110. The largest absolute Gasteiger partial charge is 0.491 e. The van der Waals surface area contributed by atoms with Crippen molar-refractivity contribution in [2.24, 2.45) is 0 Å². The van der Waals surface area contributed by atoms with Gasteiger partial charge >= 0.3 is 0 Å². The van der Waals surface area contributed by atoms with Crippen LogP contribution in [-0.4, -0.2) is 17.1 Å². The van der Waals surface area contributed by atoms with E-state index in [9.17, 15) is 4.79 Å². The van der Waals surface area contributed by atoms with Gasteiger partial charge in [0.25, 0.3) is 5.91 Å². The third kappa shape index (κ3) is 4.22. The van der Waals surface area contributed by atoms with E-state index in [1.54, 1.807) is 6.07 Å². The van der Waals surface area contributed by atoms with Crippen LogP contribution < -0.4 is 10.1 Å². The van der Waals surface area contributed by atoms with Crippen LogP contribution in [0.3, 0.4) is 0 Å². The van der Waals surface area contributed by atoms with E-state index in [-0.39, 0.29) is 5.91 Å². The maximum atomic E-state index is 12.7. The zero-order valence-corrected chi connectivity index (χ0v) is 20.3. The minimum atomic E-state index is -0.113. The molecule has 4 aromatic rings. The second-order valence-electron chi connectivity index (χ2n) is 9.04. The summed E-state index contributed by atoms with van der Waals surface area (Å²) < 4.78 is 8.43. The van der Waals surface area contributed by atoms with Gasteiger partial charge in [-0.3, -0.25) is 4.79 Å². The number of aromatic nitrogens is 1. The number of anilines is 1. The summed E-state index contributed by atoms with van der Waals surface area (Å²) in [5.74, 6) is 1.24. The molecule has 0 saturated heterocycles. The van der Waals surface area contributed by atoms with E-state index in [0.717, 1.165) is 33.5 Å². The maximum absolute atomic E-state index is 12.7. The van der Waals surface area contributed by atoms with Gasteiger partial charge < -0.3 is 14.6 Å². The third-order valence-corrected chi connectivity index (χ3v) is 6.50. The van der Waals surface area contributed by atoms with Crippen LogP contribution in [0.25, 0.3) is 22.6 Å². The maximum Gasteiger partial charge on any atom is 0.256 e. The number of rotatable bonds is 6. The molecule has 1 N–H and O–H groups in total. The Bertz CT molecular complexity index is 1430. The van der Waals surface area contributed by atoms with Crippen molar-refractivity contribution in [3.8, 4) is 5.75 Å². The van der Waals surface area contributed by atoms with Crippen molar-refractivity contribution in [1.29, 1.82) is 0 Å². The van der Waals surface area contributed by atoms with Gasteiger partial charge in [-0.15, -0.1) is 0 Å². The van der Waals surface area contributed by atoms with Crippen LogP contribution in [0.5, 0.6) is 5.75 Å². The number of hydrogen-bond donors (Lipinski definition) is 1. The van der Waals surface area contributed by atoms with Gasteiger partial charge in [-0.25, -0.2) is 0 Å². The summed E-state index contributed by atoms with van der Waals surface area (Å²) >= 11 is 6.10. The second-order valence-corrected chi connectivity index (χ2v) is 9.48. The Morgan fingerprint density at radius 3 is 2.74 bits per heavy atom. The number of amides is 1. The molecule has 0 radical (unpaired) electrons. The number of benzene rings is 3. The van der Waals surface area contributed by atoms with E-state index >= 15 is 0 Å². The molecule has 2 heterocycles. The first kappa shape index (κ1) is 22.3. The zero-order valence-electron chi connectivity index (χ0n) is 19.6. The van der Waals surface area contributed by atoms with E-state index < -0.39 is 0 Å². The molecule has 1 aliphatic rings. The molecular weight excluding hydrogens is 444 g/mol. The van der Waals surface area contributed by atoms with Gasteiger partial charge in [0, 0.05) is 38.8 Å². The van der Waals surface area contributed by atoms with Crippen LogP contribution in [0.2, 0.25) is 5.02 Å². The Balaban J connectivity index is 1.44. The van der Waals surface area contributed by atoms with E-state index in [4.69, 9.17) is 16.3 Å². The molecule has 5 rings (SSSR count). The van der Waals surface area contributed by atoms with Crippen LogP contribution in [0, 0.1) is 6.92 Å². The lowest BCUT2D eigenvalue weighted by Gasteiger charge is -2.15. The number of nitrogens with one attached hydrogen (secondary N) is 1. The Morgan fingerprint density at radius 2 is 1.91 bits per heavy atom. The summed E-state index contributed by atoms with van der Waals surface area (Å²) in [7, 11) is 0. The highest BCUT2D eigenvalue weighted by Crippen LogP contribution is 2.36. The lowest BCUT2D eigenvalue weighted by atomic mass is 10.0. The Morgan fingerprint density at radius 1 is 1.09 bits per heavy atom. The fourth-order valence-corrected chi connectivity index (χ4v) is 4.71. The average molecular weight is 471 g/mol. The van der Waals surface area contributed by atoms with Gasteiger partial charge in [0.05, 0.1) is 12.2 Å². The minimum absolute atomic E-state index is 0.113. The molecule has 1 aromatic heterocycles. The number of para-hydroxylation sites is 1.